The maximum atomic E-state index is 12.5. The van der Waals surface area contributed by atoms with Gasteiger partial charge >= 0.3 is 0 Å². The number of halogens is 1. The Labute approximate surface area is 127 Å². The molecule has 1 aromatic rings. The van der Waals surface area contributed by atoms with E-state index < -0.39 is 0 Å². The predicted octanol–water partition coefficient (Wildman–Crippen LogP) is 2.77. The van der Waals surface area contributed by atoms with Crippen molar-refractivity contribution in [3.05, 3.63) is 35.9 Å². The van der Waals surface area contributed by atoms with Crippen LogP contribution in [0.1, 0.15) is 37.3 Å². The van der Waals surface area contributed by atoms with Crippen molar-refractivity contribution in [2.45, 2.75) is 31.7 Å². The first-order valence-corrected chi connectivity index (χ1v) is 7.40. The summed E-state index contributed by atoms with van der Waals surface area (Å²) in [4.78, 5) is 14.6. The molecule has 0 aromatic heterocycles. The SMILES string of the molecule is Cl.O=C(CC1CCNC1)N1CCCC1c1ccccc1. The minimum absolute atomic E-state index is 0. The number of hydrogen-bond acceptors (Lipinski definition) is 2. The standard InChI is InChI=1S/C16H22N2O.ClH/c19-16(11-13-8-9-17-12-13)18-10-4-7-15(18)14-5-2-1-3-6-14;/h1-3,5-6,13,15,17H,4,7-12H2;1H. The van der Waals surface area contributed by atoms with Crippen molar-refractivity contribution in [3.8, 4) is 0 Å². The van der Waals surface area contributed by atoms with Crippen molar-refractivity contribution in [1.82, 2.24) is 10.2 Å². The van der Waals surface area contributed by atoms with Gasteiger partial charge in [0.2, 0.25) is 5.91 Å². The highest BCUT2D eigenvalue weighted by molar-refractivity contribution is 5.85. The Hall–Kier alpha value is -1.06. The van der Waals surface area contributed by atoms with Crippen molar-refractivity contribution in [2.24, 2.45) is 5.92 Å². The smallest absolute Gasteiger partial charge is 0.223 e. The lowest BCUT2D eigenvalue weighted by molar-refractivity contribution is -0.133. The lowest BCUT2D eigenvalue weighted by Crippen LogP contribution is -2.32. The Bertz CT molecular complexity index is 431. The third-order valence-corrected chi connectivity index (χ3v) is 4.38. The molecule has 2 saturated heterocycles. The second-order valence-corrected chi connectivity index (χ2v) is 5.72. The number of nitrogens with zero attached hydrogens (tertiary/aromatic N) is 1. The van der Waals surface area contributed by atoms with E-state index in [9.17, 15) is 4.79 Å². The van der Waals surface area contributed by atoms with Crippen LogP contribution in [0, 0.1) is 5.92 Å². The van der Waals surface area contributed by atoms with Crippen LogP contribution >= 0.6 is 12.4 Å². The molecule has 0 aliphatic carbocycles. The van der Waals surface area contributed by atoms with E-state index in [4.69, 9.17) is 0 Å². The summed E-state index contributed by atoms with van der Waals surface area (Å²) in [5.41, 5.74) is 1.29. The largest absolute Gasteiger partial charge is 0.336 e. The number of rotatable bonds is 3. The number of carbonyl (C=O) groups excluding carboxylic acids is 1. The van der Waals surface area contributed by atoms with E-state index in [0.29, 0.717) is 17.9 Å². The number of benzene rings is 1. The van der Waals surface area contributed by atoms with Crippen LogP contribution in [-0.4, -0.2) is 30.4 Å². The molecule has 1 aromatic carbocycles. The molecule has 2 unspecified atom stereocenters. The van der Waals surface area contributed by atoms with Crippen molar-refractivity contribution < 1.29 is 4.79 Å². The lowest BCUT2D eigenvalue weighted by Gasteiger charge is -2.26. The van der Waals surface area contributed by atoms with E-state index >= 15 is 0 Å². The van der Waals surface area contributed by atoms with Crippen LogP contribution in [-0.2, 0) is 4.79 Å². The minimum atomic E-state index is 0. The zero-order valence-electron chi connectivity index (χ0n) is 11.8. The van der Waals surface area contributed by atoms with Gasteiger partial charge in [0, 0.05) is 13.0 Å². The Morgan fingerprint density at radius 1 is 1.25 bits per heavy atom. The molecular formula is C16H23ClN2O. The van der Waals surface area contributed by atoms with Gasteiger partial charge in [-0.25, -0.2) is 0 Å². The van der Waals surface area contributed by atoms with Gasteiger partial charge in [-0.05, 0) is 43.8 Å². The van der Waals surface area contributed by atoms with Crippen LogP contribution in [0.4, 0.5) is 0 Å². The zero-order chi connectivity index (χ0) is 13.1. The normalized spacial score (nSPS) is 25.5. The predicted molar refractivity (Wildman–Crippen MR) is 83.0 cm³/mol. The van der Waals surface area contributed by atoms with Crippen LogP contribution in [0.15, 0.2) is 30.3 Å². The van der Waals surface area contributed by atoms with Crippen molar-refractivity contribution in [3.63, 3.8) is 0 Å². The molecule has 20 heavy (non-hydrogen) atoms. The summed E-state index contributed by atoms with van der Waals surface area (Å²) in [7, 11) is 0. The number of hydrogen-bond donors (Lipinski definition) is 1. The maximum absolute atomic E-state index is 12.5. The van der Waals surface area contributed by atoms with Gasteiger partial charge in [-0.3, -0.25) is 4.79 Å². The summed E-state index contributed by atoms with van der Waals surface area (Å²) in [6.07, 6.45) is 4.11. The molecular weight excluding hydrogens is 272 g/mol. The summed E-state index contributed by atoms with van der Waals surface area (Å²) in [5, 5.41) is 3.34. The van der Waals surface area contributed by atoms with Gasteiger partial charge in [0.05, 0.1) is 6.04 Å². The molecule has 0 radical (unpaired) electrons. The fourth-order valence-corrected chi connectivity index (χ4v) is 3.34. The van der Waals surface area contributed by atoms with Gasteiger partial charge in [-0.1, -0.05) is 30.3 Å². The van der Waals surface area contributed by atoms with Gasteiger partial charge in [-0.15, -0.1) is 12.4 Å². The molecule has 3 nitrogen and oxygen atoms in total. The fraction of sp³-hybridized carbons (Fsp3) is 0.562. The maximum Gasteiger partial charge on any atom is 0.223 e. The van der Waals surface area contributed by atoms with Gasteiger partial charge < -0.3 is 10.2 Å². The summed E-state index contributed by atoms with van der Waals surface area (Å²) in [6, 6.07) is 10.8. The Kier molecular flexibility index (Phi) is 5.44. The van der Waals surface area contributed by atoms with Gasteiger partial charge in [-0.2, -0.15) is 0 Å². The van der Waals surface area contributed by atoms with Gasteiger partial charge in [0.25, 0.3) is 0 Å². The topological polar surface area (TPSA) is 32.3 Å². The fourth-order valence-electron chi connectivity index (χ4n) is 3.34. The second kappa shape index (κ2) is 7.09. The first-order chi connectivity index (χ1) is 9.34. The van der Waals surface area contributed by atoms with E-state index in [2.05, 4.69) is 34.5 Å². The highest BCUT2D eigenvalue weighted by Gasteiger charge is 2.31. The van der Waals surface area contributed by atoms with Crippen molar-refractivity contribution >= 4 is 18.3 Å². The third-order valence-electron chi connectivity index (χ3n) is 4.38. The van der Waals surface area contributed by atoms with Gasteiger partial charge in [0.1, 0.15) is 0 Å². The van der Waals surface area contributed by atoms with E-state index in [1.54, 1.807) is 0 Å². The molecule has 110 valence electrons. The van der Waals surface area contributed by atoms with Gasteiger partial charge in [0.15, 0.2) is 0 Å². The summed E-state index contributed by atoms with van der Waals surface area (Å²) < 4.78 is 0. The highest BCUT2D eigenvalue weighted by Crippen LogP contribution is 2.33. The molecule has 0 spiro atoms. The van der Waals surface area contributed by atoms with Crippen LogP contribution < -0.4 is 5.32 Å². The molecule has 4 heteroatoms. The minimum Gasteiger partial charge on any atom is -0.336 e. The van der Waals surface area contributed by atoms with Crippen LogP contribution in [0.2, 0.25) is 0 Å². The Balaban J connectivity index is 0.00000147. The first-order valence-electron chi connectivity index (χ1n) is 7.40. The number of nitrogens with one attached hydrogen (secondary N) is 1. The van der Waals surface area contributed by atoms with E-state index in [0.717, 1.165) is 45.3 Å². The van der Waals surface area contributed by atoms with E-state index in [-0.39, 0.29) is 12.4 Å². The van der Waals surface area contributed by atoms with E-state index in [1.807, 2.05) is 6.07 Å². The zero-order valence-corrected chi connectivity index (χ0v) is 12.6. The summed E-state index contributed by atoms with van der Waals surface area (Å²) in [5.74, 6) is 0.893. The Morgan fingerprint density at radius 3 is 2.75 bits per heavy atom. The number of carbonyl (C=O) groups is 1. The monoisotopic (exact) mass is 294 g/mol. The first kappa shape index (κ1) is 15.3. The lowest BCUT2D eigenvalue weighted by atomic mass is 10.0. The van der Waals surface area contributed by atoms with Crippen LogP contribution in [0.3, 0.4) is 0 Å². The Morgan fingerprint density at radius 2 is 2.05 bits per heavy atom. The highest BCUT2D eigenvalue weighted by atomic mass is 35.5. The van der Waals surface area contributed by atoms with Crippen LogP contribution in [0.5, 0.6) is 0 Å². The quantitative estimate of drug-likeness (QED) is 0.930. The molecule has 2 aliphatic heterocycles. The number of amides is 1. The summed E-state index contributed by atoms with van der Waals surface area (Å²) in [6.45, 7) is 3.01. The van der Waals surface area contributed by atoms with Crippen LogP contribution in [0.25, 0.3) is 0 Å². The van der Waals surface area contributed by atoms with Crippen molar-refractivity contribution in [1.29, 1.82) is 0 Å². The molecule has 1 amide bonds. The molecule has 3 rings (SSSR count). The number of likely N-dealkylation sites (tertiary alicyclic amines) is 1. The molecule has 2 atom stereocenters. The average molecular weight is 295 g/mol. The average Bonchev–Trinajstić information content (AvgIpc) is 3.10. The molecule has 0 bridgehead atoms. The molecule has 2 heterocycles. The summed E-state index contributed by atoms with van der Waals surface area (Å²) >= 11 is 0. The molecule has 2 aliphatic rings. The van der Waals surface area contributed by atoms with Crippen molar-refractivity contribution in [2.75, 3.05) is 19.6 Å². The molecule has 0 saturated carbocycles. The second-order valence-electron chi connectivity index (χ2n) is 5.72. The molecule has 2 fully saturated rings. The van der Waals surface area contributed by atoms with E-state index in [1.165, 1.54) is 5.56 Å². The molecule has 1 N–H and O–H groups in total. The third kappa shape index (κ3) is 3.33.